The van der Waals surface area contributed by atoms with E-state index in [1.807, 2.05) is 18.2 Å². The van der Waals surface area contributed by atoms with Crippen LogP contribution in [0, 0.1) is 11.7 Å². The second-order valence-electron chi connectivity index (χ2n) is 7.53. The van der Waals surface area contributed by atoms with E-state index >= 15 is 0 Å². The highest BCUT2D eigenvalue weighted by Gasteiger charge is 2.35. The molecule has 1 amide bonds. The number of amides is 1. The van der Waals surface area contributed by atoms with Gasteiger partial charge in [0.15, 0.2) is 0 Å². The van der Waals surface area contributed by atoms with Crippen LogP contribution in [0.4, 0.5) is 4.39 Å². The first kappa shape index (κ1) is 17.2. The van der Waals surface area contributed by atoms with Gasteiger partial charge in [-0.2, -0.15) is 0 Å². The van der Waals surface area contributed by atoms with Crippen LogP contribution in [0.25, 0.3) is 0 Å². The Hall–Kier alpha value is -2.23. The third kappa shape index (κ3) is 3.64. The van der Waals surface area contributed by atoms with E-state index in [2.05, 4.69) is 4.90 Å². The van der Waals surface area contributed by atoms with Gasteiger partial charge in [-0.15, -0.1) is 0 Å². The predicted octanol–water partition coefficient (Wildman–Crippen LogP) is 4.67. The molecular weight excluding hydrogens is 327 g/mol. The fraction of sp³-hybridized carbons (Fsp3) is 0.455. The Morgan fingerprint density at radius 3 is 2.58 bits per heavy atom. The lowest BCUT2D eigenvalue weighted by atomic mass is 10.0. The van der Waals surface area contributed by atoms with Crippen molar-refractivity contribution in [1.82, 2.24) is 9.88 Å². The van der Waals surface area contributed by atoms with Crippen molar-refractivity contribution >= 4 is 5.91 Å². The SMILES string of the molecule is O=C(C1CCCC1)N1CCCC1c1cccc(Cc2ccc(F)cc2)n1. The molecule has 4 heteroatoms. The average molecular weight is 352 g/mol. The third-order valence-electron chi connectivity index (χ3n) is 5.71. The molecule has 1 unspecified atom stereocenters. The van der Waals surface area contributed by atoms with Crippen LogP contribution in [0.1, 0.15) is 61.5 Å². The van der Waals surface area contributed by atoms with Gasteiger partial charge in [0.05, 0.1) is 11.7 Å². The highest BCUT2D eigenvalue weighted by atomic mass is 19.1. The van der Waals surface area contributed by atoms with Crippen LogP contribution >= 0.6 is 0 Å². The van der Waals surface area contributed by atoms with Crippen LogP contribution in [0.15, 0.2) is 42.5 Å². The number of rotatable bonds is 4. The summed E-state index contributed by atoms with van der Waals surface area (Å²) in [7, 11) is 0. The molecule has 2 aliphatic rings. The lowest BCUT2D eigenvalue weighted by Gasteiger charge is -2.27. The number of likely N-dealkylation sites (tertiary alicyclic amines) is 1. The van der Waals surface area contributed by atoms with Crippen LogP contribution in [-0.2, 0) is 11.2 Å². The molecule has 26 heavy (non-hydrogen) atoms. The predicted molar refractivity (Wildman–Crippen MR) is 99.1 cm³/mol. The van der Waals surface area contributed by atoms with Gasteiger partial charge < -0.3 is 4.90 Å². The minimum Gasteiger partial charge on any atom is -0.334 e. The second-order valence-corrected chi connectivity index (χ2v) is 7.53. The molecule has 0 spiro atoms. The van der Waals surface area contributed by atoms with Crippen molar-refractivity contribution in [2.24, 2.45) is 5.92 Å². The van der Waals surface area contributed by atoms with Crippen LogP contribution < -0.4 is 0 Å². The summed E-state index contributed by atoms with van der Waals surface area (Å²) in [6, 6.07) is 12.7. The molecule has 2 heterocycles. The van der Waals surface area contributed by atoms with Gasteiger partial charge in [0.25, 0.3) is 0 Å². The fourth-order valence-electron chi connectivity index (χ4n) is 4.34. The Kier molecular flexibility index (Phi) is 5.00. The largest absolute Gasteiger partial charge is 0.334 e. The quantitative estimate of drug-likeness (QED) is 0.801. The molecule has 1 saturated heterocycles. The third-order valence-corrected chi connectivity index (χ3v) is 5.71. The van der Waals surface area contributed by atoms with Gasteiger partial charge in [0.2, 0.25) is 5.91 Å². The summed E-state index contributed by atoms with van der Waals surface area (Å²) < 4.78 is 13.1. The van der Waals surface area contributed by atoms with Crippen LogP contribution in [0.3, 0.4) is 0 Å². The zero-order valence-corrected chi connectivity index (χ0v) is 15.0. The number of benzene rings is 1. The van der Waals surface area contributed by atoms with Crippen molar-refractivity contribution in [2.75, 3.05) is 6.54 Å². The van der Waals surface area contributed by atoms with Gasteiger partial charge in [-0.05, 0) is 55.5 Å². The number of hydrogen-bond donors (Lipinski definition) is 0. The molecule has 136 valence electrons. The number of carbonyl (C=O) groups is 1. The molecule has 1 saturated carbocycles. The van der Waals surface area contributed by atoms with Gasteiger partial charge >= 0.3 is 0 Å². The molecular formula is C22H25FN2O. The minimum absolute atomic E-state index is 0.108. The number of aromatic nitrogens is 1. The topological polar surface area (TPSA) is 33.2 Å². The Labute approximate surface area is 154 Å². The zero-order chi connectivity index (χ0) is 17.9. The first-order chi connectivity index (χ1) is 12.7. The summed E-state index contributed by atoms with van der Waals surface area (Å²) in [4.78, 5) is 19.8. The maximum Gasteiger partial charge on any atom is 0.226 e. The van der Waals surface area contributed by atoms with Gasteiger partial charge in [-0.25, -0.2) is 4.39 Å². The van der Waals surface area contributed by atoms with Gasteiger partial charge in [-0.3, -0.25) is 9.78 Å². The highest BCUT2D eigenvalue weighted by Crippen LogP contribution is 2.35. The normalized spacial score (nSPS) is 20.7. The number of nitrogens with zero attached hydrogens (tertiary/aromatic N) is 2. The molecule has 1 aliphatic carbocycles. The van der Waals surface area contributed by atoms with Crippen molar-refractivity contribution in [3.8, 4) is 0 Å². The molecule has 0 N–H and O–H groups in total. The first-order valence-electron chi connectivity index (χ1n) is 9.71. The lowest BCUT2D eigenvalue weighted by molar-refractivity contribution is -0.136. The van der Waals surface area contributed by atoms with Crippen molar-refractivity contribution in [3.05, 3.63) is 65.2 Å². The number of pyridine rings is 1. The summed E-state index contributed by atoms with van der Waals surface area (Å²) in [5.41, 5.74) is 3.00. The van der Waals surface area contributed by atoms with E-state index in [0.29, 0.717) is 12.3 Å². The molecule has 0 bridgehead atoms. The van der Waals surface area contributed by atoms with Crippen LogP contribution in [-0.4, -0.2) is 22.3 Å². The minimum atomic E-state index is -0.220. The average Bonchev–Trinajstić information content (AvgIpc) is 3.35. The van der Waals surface area contributed by atoms with E-state index < -0.39 is 0 Å². The standard InChI is InChI=1S/C22H25FN2O/c23-18-12-10-16(11-13-18)15-19-7-3-8-20(24-19)21-9-4-14-25(21)22(26)17-5-1-2-6-17/h3,7-8,10-13,17,21H,1-2,4-6,9,14-15H2. The van der Waals surface area contributed by atoms with Crippen LogP contribution in [0.5, 0.6) is 0 Å². The number of hydrogen-bond acceptors (Lipinski definition) is 2. The molecule has 1 aromatic carbocycles. The van der Waals surface area contributed by atoms with Gasteiger partial charge in [0, 0.05) is 24.6 Å². The highest BCUT2D eigenvalue weighted by molar-refractivity contribution is 5.79. The molecule has 1 atom stereocenters. The van der Waals surface area contributed by atoms with E-state index in [4.69, 9.17) is 4.98 Å². The summed E-state index contributed by atoms with van der Waals surface area (Å²) in [6.45, 7) is 0.851. The molecule has 2 aromatic rings. The van der Waals surface area contributed by atoms with E-state index in [0.717, 1.165) is 49.2 Å². The Balaban J connectivity index is 1.51. The second kappa shape index (κ2) is 7.56. The summed E-state index contributed by atoms with van der Waals surface area (Å²) in [5, 5.41) is 0. The summed E-state index contributed by atoms with van der Waals surface area (Å²) in [6.07, 6.45) is 7.16. The van der Waals surface area contributed by atoms with Crippen molar-refractivity contribution in [2.45, 2.75) is 51.0 Å². The molecule has 3 nitrogen and oxygen atoms in total. The van der Waals surface area contributed by atoms with Gasteiger partial charge in [0.1, 0.15) is 5.82 Å². The lowest BCUT2D eigenvalue weighted by Crippen LogP contribution is -2.35. The number of halogens is 1. The molecule has 1 aliphatic heterocycles. The summed E-state index contributed by atoms with van der Waals surface area (Å²) in [5.74, 6) is 0.330. The van der Waals surface area contributed by atoms with E-state index in [9.17, 15) is 9.18 Å². The fourth-order valence-corrected chi connectivity index (χ4v) is 4.34. The van der Waals surface area contributed by atoms with E-state index in [1.165, 1.54) is 25.0 Å². The van der Waals surface area contributed by atoms with Gasteiger partial charge in [-0.1, -0.05) is 31.0 Å². The zero-order valence-electron chi connectivity index (χ0n) is 15.0. The first-order valence-corrected chi connectivity index (χ1v) is 9.71. The van der Waals surface area contributed by atoms with Crippen molar-refractivity contribution < 1.29 is 9.18 Å². The molecule has 0 radical (unpaired) electrons. The monoisotopic (exact) mass is 352 g/mol. The Bertz CT molecular complexity index is 768. The van der Waals surface area contributed by atoms with E-state index in [1.54, 1.807) is 12.1 Å². The maximum atomic E-state index is 13.1. The Morgan fingerprint density at radius 2 is 1.81 bits per heavy atom. The maximum absolute atomic E-state index is 13.1. The molecule has 4 rings (SSSR count). The van der Waals surface area contributed by atoms with E-state index in [-0.39, 0.29) is 17.8 Å². The van der Waals surface area contributed by atoms with Crippen LogP contribution in [0.2, 0.25) is 0 Å². The summed E-state index contributed by atoms with van der Waals surface area (Å²) >= 11 is 0. The number of carbonyl (C=O) groups excluding carboxylic acids is 1. The smallest absolute Gasteiger partial charge is 0.226 e. The molecule has 2 fully saturated rings. The molecule has 1 aromatic heterocycles. The Morgan fingerprint density at radius 1 is 1.04 bits per heavy atom. The van der Waals surface area contributed by atoms with Crippen molar-refractivity contribution in [3.63, 3.8) is 0 Å². The van der Waals surface area contributed by atoms with Crippen molar-refractivity contribution in [1.29, 1.82) is 0 Å².